The zero-order valence-electron chi connectivity index (χ0n) is 13.1. The van der Waals surface area contributed by atoms with Crippen LogP contribution in [0.15, 0.2) is 47.1 Å². The lowest BCUT2D eigenvalue weighted by Crippen LogP contribution is -2.57. The smallest absolute Gasteiger partial charge is 0.258 e. The third-order valence-electron chi connectivity index (χ3n) is 4.31. The van der Waals surface area contributed by atoms with E-state index in [1.54, 1.807) is 6.26 Å². The van der Waals surface area contributed by atoms with Crippen LogP contribution in [0.4, 0.5) is 5.69 Å². The summed E-state index contributed by atoms with van der Waals surface area (Å²) >= 11 is 0. The minimum atomic E-state index is -0.395. The second-order valence-corrected chi connectivity index (χ2v) is 6.02. The molecular weight excluding hydrogens is 276 g/mol. The lowest BCUT2D eigenvalue weighted by Gasteiger charge is -2.46. The Labute approximate surface area is 131 Å². The van der Waals surface area contributed by atoms with E-state index in [1.807, 2.05) is 41.3 Å². The Kier molecular flexibility index (Phi) is 3.92. The Bertz CT molecular complexity index is 651. The molecule has 0 saturated carbocycles. The van der Waals surface area contributed by atoms with E-state index in [9.17, 15) is 4.79 Å². The zero-order chi connectivity index (χ0) is 15.6. The van der Waals surface area contributed by atoms with Gasteiger partial charge in [-0.1, -0.05) is 25.5 Å². The van der Waals surface area contributed by atoms with Crippen molar-refractivity contribution in [1.82, 2.24) is 4.90 Å². The number of para-hydroxylation sites is 1. The summed E-state index contributed by atoms with van der Waals surface area (Å²) in [6.07, 6.45) is 4.72. The standard InChI is InChI=1S/C18H22N2O2/c1-3-4-11-18(2)19-16-10-6-5-9-15(16)17(21)20(18)13-14-8-7-12-22-14/h5-10,12,19H,3-4,11,13H2,1-2H3. The molecule has 4 nitrogen and oxygen atoms in total. The fourth-order valence-electron chi connectivity index (χ4n) is 3.03. The summed E-state index contributed by atoms with van der Waals surface area (Å²) in [5.74, 6) is 0.863. The second kappa shape index (κ2) is 5.87. The van der Waals surface area contributed by atoms with Crippen molar-refractivity contribution in [2.75, 3.05) is 5.32 Å². The first kappa shape index (κ1) is 14.7. The number of carbonyl (C=O) groups is 1. The Morgan fingerprint density at radius 1 is 1.23 bits per heavy atom. The van der Waals surface area contributed by atoms with Gasteiger partial charge in [-0.25, -0.2) is 0 Å². The Morgan fingerprint density at radius 2 is 2.05 bits per heavy atom. The minimum absolute atomic E-state index is 0.0596. The average Bonchev–Trinajstić information content (AvgIpc) is 3.03. The topological polar surface area (TPSA) is 45.5 Å². The normalized spacial score (nSPS) is 20.6. The predicted octanol–water partition coefficient (Wildman–Crippen LogP) is 4.25. The average molecular weight is 298 g/mol. The number of carbonyl (C=O) groups excluding carboxylic acids is 1. The minimum Gasteiger partial charge on any atom is -0.467 e. The largest absolute Gasteiger partial charge is 0.467 e. The Balaban J connectivity index is 1.96. The summed E-state index contributed by atoms with van der Waals surface area (Å²) in [7, 11) is 0. The van der Waals surface area contributed by atoms with Crippen molar-refractivity contribution in [3.8, 4) is 0 Å². The van der Waals surface area contributed by atoms with Crippen LogP contribution in [0.2, 0.25) is 0 Å². The molecule has 1 aromatic heterocycles. The number of unbranched alkanes of at least 4 members (excludes halogenated alkanes) is 1. The molecule has 0 bridgehead atoms. The van der Waals surface area contributed by atoms with E-state index >= 15 is 0 Å². The monoisotopic (exact) mass is 298 g/mol. The van der Waals surface area contributed by atoms with E-state index in [2.05, 4.69) is 19.2 Å². The molecule has 22 heavy (non-hydrogen) atoms. The summed E-state index contributed by atoms with van der Waals surface area (Å²) in [6.45, 7) is 4.74. The van der Waals surface area contributed by atoms with Crippen LogP contribution < -0.4 is 5.32 Å². The van der Waals surface area contributed by atoms with Crippen molar-refractivity contribution >= 4 is 11.6 Å². The van der Waals surface area contributed by atoms with Crippen LogP contribution >= 0.6 is 0 Å². The van der Waals surface area contributed by atoms with E-state index in [-0.39, 0.29) is 5.91 Å². The summed E-state index contributed by atoms with van der Waals surface area (Å²) < 4.78 is 5.45. The fourth-order valence-corrected chi connectivity index (χ4v) is 3.03. The molecular formula is C18H22N2O2. The number of hydrogen-bond donors (Lipinski definition) is 1. The number of amides is 1. The molecule has 1 aliphatic heterocycles. The highest BCUT2D eigenvalue weighted by Gasteiger charge is 2.40. The molecule has 2 aromatic rings. The fraction of sp³-hybridized carbons (Fsp3) is 0.389. The van der Waals surface area contributed by atoms with Gasteiger partial charge in [-0.15, -0.1) is 0 Å². The first-order valence-electron chi connectivity index (χ1n) is 7.85. The van der Waals surface area contributed by atoms with Crippen molar-refractivity contribution < 1.29 is 9.21 Å². The van der Waals surface area contributed by atoms with Crippen LogP contribution in [0.1, 0.15) is 49.2 Å². The van der Waals surface area contributed by atoms with Gasteiger partial charge in [-0.2, -0.15) is 0 Å². The molecule has 1 amide bonds. The molecule has 0 fully saturated rings. The van der Waals surface area contributed by atoms with Gasteiger partial charge in [-0.3, -0.25) is 4.79 Å². The molecule has 1 atom stereocenters. The number of rotatable bonds is 5. The molecule has 2 heterocycles. The maximum Gasteiger partial charge on any atom is 0.258 e. The van der Waals surface area contributed by atoms with Crippen LogP contribution in [0, 0.1) is 0 Å². The van der Waals surface area contributed by atoms with Gasteiger partial charge >= 0.3 is 0 Å². The van der Waals surface area contributed by atoms with Gasteiger partial charge in [0.25, 0.3) is 5.91 Å². The quantitative estimate of drug-likeness (QED) is 0.897. The number of anilines is 1. The molecule has 0 radical (unpaired) electrons. The molecule has 116 valence electrons. The molecule has 1 unspecified atom stereocenters. The predicted molar refractivity (Wildman–Crippen MR) is 86.6 cm³/mol. The summed E-state index contributed by atoms with van der Waals surface area (Å²) in [6, 6.07) is 11.5. The maximum atomic E-state index is 13.0. The van der Waals surface area contributed by atoms with E-state index in [4.69, 9.17) is 4.42 Å². The van der Waals surface area contributed by atoms with Crippen LogP contribution in [0.3, 0.4) is 0 Å². The van der Waals surface area contributed by atoms with E-state index in [0.29, 0.717) is 6.54 Å². The number of furan rings is 1. The molecule has 1 aliphatic rings. The van der Waals surface area contributed by atoms with Crippen molar-refractivity contribution in [2.24, 2.45) is 0 Å². The highest BCUT2D eigenvalue weighted by molar-refractivity contribution is 6.02. The SMILES string of the molecule is CCCCC1(C)Nc2ccccc2C(=O)N1Cc1ccco1. The maximum absolute atomic E-state index is 13.0. The Morgan fingerprint density at radius 3 is 2.77 bits per heavy atom. The van der Waals surface area contributed by atoms with Crippen molar-refractivity contribution in [1.29, 1.82) is 0 Å². The van der Waals surface area contributed by atoms with Crippen LogP contribution in [-0.4, -0.2) is 16.5 Å². The van der Waals surface area contributed by atoms with Crippen LogP contribution in [0.25, 0.3) is 0 Å². The highest BCUT2D eigenvalue weighted by atomic mass is 16.3. The van der Waals surface area contributed by atoms with Gasteiger partial charge in [0.1, 0.15) is 11.4 Å². The molecule has 0 spiro atoms. The van der Waals surface area contributed by atoms with Gasteiger partial charge in [0.05, 0.1) is 18.4 Å². The highest BCUT2D eigenvalue weighted by Crippen LogP contribution is 2.35. The summed E-state index contributed by atoms with van der Waals surface area (Å²) in [4.78, 5) is 14.9. The van der Waals surface area contributed by atoms with Crippen LogP contribution in [-0.2, 0) is 6.54 Å². The third-order valence-corrected chi connectivity index (χ3v) is 4.31. The first-order chi connectivity index (χ1) is 10.6. The van der Waals surface area contributed by atoms with Gasteiger partial charge in [0.2, 0.25) is 0 Å². The van der Waals surface area contributed by atoms with Gasteiger partial charge in [-0.05, 0) is 44.0 Å². The lowest BCUT2D eigenvalue weighted by molar-refractivity contribution is 0.0469. The Hall–Kier alpha value is -2.23. The third kappa shape index (κ3) is 2.61. The van der Waals surface area contributed by atoms with Crippen molar-refractivity contribution in [3.05, 3.63) is 54.0 Å². The van der Waals surface area contributed by atoms with Gasteiger partial charge in [0.15, 0.2) is 0 Å². The second-order valence-electron chi connectivity index (χ2n) is 6.02. The lowest BCUT2D eigenvalue weighted by atomic mass is 9.95. The summed E-state index contributed by atoms with van der Waals surface area (Å²) in [5.41, 5.74) is 1.25. The zero-order valence-corrected chi connectivity index (χ0v) is 13.1. The molecule has 0 saturated heterocycles. The number of hydrogen-bond acceptors (Lipinski definition) is 3. The van der Waals surface area contributed by atoms with E-state index < -0.39 is 5.66 Å². The molecule has 3 rings (SSSR count). The summed E-state index contributed by atoms with van der Waals surface area (Å²) in [5, 5.41) is 3.56. The number of nitrogens with one attached hydrogen (secondary N) is 1. The van der Waals surface area contributed by atoms with Crippen LogP contribution in [0.5, 0.6) is 0 Å². The first-order valence-corrected chi connectivity index (χ1v) is 7.85. The molecule has 0 aliphatic carbocycles. The van der Waals surface area contributed by atoms with Gasteiger partial charge in [0, 0.05) is 5.69 Å². The van der Waals surface area contributed by atoms with Crippen molar-refractivity contribution in [2.45, 2.75) is 45.3 Å². The van der Waals surface area contributed by atoms with Gasteiger partial charge < -0.3 is 14.6 Å². The molecule has 4 heteroatoms. The van der Waals surface area contributed by atoms with E-state index in [1.165, 1.54) is 0 Å². The molecule has 1 N–H and O–H groups in total. The van der Waals surface area contributed by atoms with E-state index in [0.717, 1.165) is 36.3 Å². The van der Waals surface area contributed by atoms with Crippen molar-refractivity contribution in [3.63, 3.8) is 0 Å². The number of nitrogens with zero attached hydrogens (tertiary/aromatic N) is 1. The molecule has 1 aromatic carbocycles. The number of fused-ring (bicyclic) bond motifs is 1. The number of benzene rings is 1.